The fourth-order valence-corrected chi connectivity index (χ4v) is 4.65. The lowest BCUT2D eigenvalue weighted by Gasteiger charge is -2.13. The summed E-state index contributed by atoms with van der Waals surface area (Å²) in [6.07, 6.45) is 8.71. The molecule has 160 valence electrons. The second-order valence-electron chi connectivity index (χ2n) is 7.63. The second kappa shape index (κ2) is 7.31. The Labute approximate surface area is 184 Å². The Morgan fingerprint density at radius 1 is 1.06 bits per heavy atom. The lowest BCUT2D eigenvalue weighted by atomic mass is 10.0. The molecule has 0 amide bonds. The molecule has 0 fully saturated rings. The molecular formula is C23H19N5O3S. The SMILES string of the molecule is Cn1ccc2ccc(-c3cc(Nc4c[n+]([O-])ccc4S(C)(=O)=O)cc4nccnc34)cc21. The predicted octanol–water partition coefficient (Wildman–Crippen LogP) is 3.57. The minimum atomic E-state index is -3.54. The number of nitrogens with zero attached hydrogens (tertiary/aromatic N) is 4. The molecule has 0 unspecified atom stereocenters. The van der Waals surface area contributed by atoms with Gasteiger partial charge in [-0.3, -0.25) is 9.97 Å². The van der Waals surface area contributed by atoms with Gasteiger partial charge < -0.3 is 15.1 Å². The van der Waals surface area contributed by atoms with Crippen LogP contribution in [-0.4, -0.2) is 29.2 Å². The topological polar surface area (TPSA) is 104 Å². The van der Waals surface area contributed by atoms with E-state index in [9.17, 15) is 13.6 Å². The van der Waals surface area contributed by atoms with Crippen LogP contribution in [0.5, 0.6) is 0 Å². The maximum atomic E-state index is 12.2. The van der Waals surface area contributed by atoms with E-state index in [4.69, 9.17) is 0 Å². The van der Waals surface area contributed by atoms with Gasteiger partial charge in [0.15, 0.2) is 16.0 Å². The molecule has 2 aromatic carbocycles. The molecule has 0 saturated carbocycles. The first kappa shape index (κ1) is 20.0. The van der Waals surface area contributed by atoms with Gasteiger partial charge in [0.25, 0.3) is 0 Å². The van der Waals surface area contributed by atoms with E-state index in [0.717, 1.165) is 40.0 Å². The van der Waals surface area contributed by atoms with Gasteiger partial charge in [-0.05, 0) is 35.2 Å². The van der Waals surface area contributed by atoms with Crippen molar-refractivity contribution in [2.45, 2.75) is 4.90 Å². The number of nitrogens with one attached hydrogen (secondary N) is 1. The Bertz CT molecular complexity index is 1610. The van der Waals surface area contributed by atoms with Crippen LogP contribution in [0.1, 0.15) is 0 Å². The van der Waals surface area contributed by atoms with E-state index in [1.807, 2.05) is 36.0 Å². The number of hydrogen-bond acceptors (Lipinski definition) is 6. The molecule has 0 aliphatic rings. The molecule has 3 heterocycles. The van der Waals surface area contributed by atoms with Crippen molar-refractivity contribution in [3.63, 3.8) is 0 Å². The number of sulfone groups is 1. The minimum absolute atomic E-state index is 0.0376. The molecule has 8 nitrogen and oxygen atoms in total. The van der Waals surface area contributed by atoms with Crippen molar-refractivity contribution in [3.05, 3.63) is 78.7 Å². The first-order valence-electron chi connectivity index (χ1n) is 9.80. The maximum Gasteiger partial charge on any atom is 0.205 e. The number of anilines is 2. The van der Waals surface area contributed by atoms with Crippen molar-refractivity contribution in [1.29, 1.82) is 0 Å². The summed E-state index contributed by atoms with van der Waals surface area (Å²) in [4.78, 5) is 8.99. The fraction of sp³-hybridized carbons (Fsp3) is 0.0870. The van der Waals surface area contributed by atoms with Crippen molar-refractivity contribution >= 4 is 43.1 Å². The molecule has 9 heteroatoms. The first-order valence-corrected chi connectivity index (χ1v) is 11.7. The van der Waals surface area contributed by atoms with Crippen LogP contribution in [0.2, 0.25) is 0 Å². The van der Waals surface area contributed by atoms with Crippen LogP contribution in [-0.2, 0) is 16.9 Å². The lowest BCUT2D eigenvalue weighted by molar-refractivity contribution is -0.605. The largest absolute Gasteiger partial charge is 0.619 e. The van der Waals surface area contributed by atoms with E-state index in [1.54, 1.807) is 18.5 Å². The van der Waals surface area contributed by atoms with E-state index in [1.165, 1.54) is 12.3 Å². The van der Waals surface area contributed by atoms with Crippen LogP contribution >= 0.6 is 0 Å². The summed E-state index contributed by atoms with van der Waals surface area (Å²) >= 11 is 0. The third-order valence-electron chi connectivity index (χ3n) is 5.35. The third-order valence-corrected chi connectivity index (χ3v) is 6.50. The molecule has 3 aromatic heterocycles. The standard InChI is InChI=1S/C23H19N5O3S/c1-27-9-5-15-3-4-16(11-21(15)27)18-12-17(13-19-23(18)25-8-7-24-19)26-20-14-28(29)10-6-22(20)32(2,30)31/h3-14,26H,1-2H3. The Kier molecular flexibility index (Phi) is 4.56. The van der Waals surface area contributed by atoms with Gasteiger partial charge >= 0.3 is 0 Å². The maximum absolute atomic E-state index is 12.2. The van der Waals surface area contributed by atoms with Crippen molar-refractivity contribution < 1.29 is 13.1 Å². The number of fused-ring (bicyclic) bond motifs is 2. The number of pyridine rings is 1. The van der Waals surface area contributed by atoms with E-state index in [-0.39, 0.29) is 10.6 Å². The van der Waals surface area contributed by atoms with Crippen LogP contribution in [0.4, 0.5) is 11.4 Å². The predicted molar refractivity (Wildman–Crippen MR) is 123 cm³/mol. The van der Waals surface area contributed by atoms with Gasteiger partial charge in [0.2, 0.25) is 6.20 Å². The summed E-state index contributed by atoms with van der Waals surface area (Å²) in [6.45, 7) is 0. The van der Waals surface area contributed by atoms with Crippen LogP contribution < -0.4 is 10.0 Å². The van der Waals surface area contributed by atoms with Gasteiger partial charge in [-0.2, -0.15) is 4.73 Å². The number of aryl methyl sites for hydroxylation is 1. The number of rotatable bonds is 4. The number of benzene rings is 2. The summed E-state index contributed by atoms with van der Waals surface area (Å²) in [5, 5.41) is 16.1. The summed E-state index contributed by atoms with van der Waals surface area (Å²) in [5.74, 6) is 0. The van der Waals surface area contributed by atoms with E-state index < -0.39 is 9.84 Å². The first-order chi connectivity index (χ1) is 15.3. The van der Waals surface area contributed by atoms with Gasteiger partial charge in [0.1, 0.15) is 10.6 Å². The summed E-state index contributed by atoms with van der Waals surface area (Å²) in [6, 6.07) is 13.2. The van der Waals surface area contributed by atoms with Gasteiger partial charge in [0, 0.05) is 54.7 Å². The zero-order chi connectivity index (χ0) is 22.5. The van der Waals surface area contributed by atoms with Crippen LogP contribution in [0, 0.1) is 5.21 Å². The van der Waals surface area contributed by atoms with Crippen LogP contribution in [0.25, 0.3) is 33.1 Å². The molecule has 0 saturated heterocycles. The molecule has 0 aliphatic carbocycles. The van der Waals surface area contributed by atoms with Crippen molar-refractivity contribution in [3.8, 4) is 11.1 Å². The molecule has 0 aliphatic heterocycles. The average Bonchev–Trinajstić information content (AvgIpc) is 3.12. The Morgan fingerprint density at radius 3 is 2.69 bits per heavy atom. The molecule has 0 bridgehead atoms. The van der Waals surface area contributed by atoms with Crippen LogP contribution in [0.15, 0.2) is 78.3 Å². The third kappa shape index (κ3) is 3.52. The molecule has 5 rings (SSSR count). The average molecular weight is 446 g/mol. The molecule has 0 atom stereocenters. The monoisotopic (exact) mass is 445 g/mol. The summed E-state index contributed by atoms with van der Waals surface area (Å²) in [5.41, 5.74) is 5.02. The number of hydrogen-bond donors (Lipinski definition) is 1. The van der Waals surface area contributed by atoms with Crippen molar-refractivity contribution in [2.24, 2.45) is 7.05 Å². The van der Waals surface area contributed by atoms with Gasteiger partial charge in [0.05, 0.1) is 11.0 Å². The van der Waals surface area contributed by atoms with E-state index in [0.29, 0.717) is 15.9 Å². The smallest absolute Gasteiger partial charge is 0.205 e. The molecule has 32 heavy (non-hydrogen) atoms. The molecule has 1 N–H and O–H groups in total. The zero-order valence-corrected chi connectivity index (χ0v) is 18.2. The van der Waals surface area contributed by atoms with Crippen molar-refractivity contribution in [1.82, 2.24) is 14.5 Å². The minimum Gasteiger partial charge on any atom is -0.619 e. The number of aromatic nitrogens is 4. The molecule has 5 aromatic rings. The van der Waals surface area contributed by atoms with E-state index >= 15 is 0 Å². The zero-order valence-electron chi connectivity index (χ0n) is 17.4. The highest BCUT2D eigenvalue weighted by molar-refractivity contribution is 7.90. The normalized spacial score (nSPS) is 11.8. The highest BCUT2D eigenvalue weighted by Gasteiger charge is 2.18. The van der Waals surface area contributed by atoms with Crippen LogP contribution in [0.3, 0.4) is 0 Å². The van der Waals surface area contributed by atoms with Gasteiger partial charge in [-0.25, -0.2) is 8.42 Å². The van der Waals surface area contributed by atoms with Gasteiger partial charge in [-0.15, -0.1) is 0 Å². The van der Waals surface area contributed by atoms with E-state index in [2.05, 4.69) is 27.4 Å². The Morgan fingerprint density at radius 2 is 1.88 bits per heavy atom. The quantitative estimate of drug-likeness (QED) is 0.335. The Balaban J connectivity index is 1.70. The summed E-state index contributed by atoms with van der Waals surface area (Å²) < 4.78 is 27.0. The molecule has 0 spiro atoms. The highest BCUT2D eigenvalue weighted by Crippen LogP contribution is 2.34. The highest BCUT2D eigenvalue weighted by atomic mass is 32.2. The molecular weight excluding hydrogens is 426 g/mol. The van der Waals surface area contributed by atoms with Crippen molar-refractivity contribution in [2.75, 3.05) is 11.6 Å². The molecule has 0 radical (unpaired) electrons. The fourth-order valence-electron chi connectivity index (χ4n) is 3.83. The Hall–Kier alpha value is -3.98. The summed E-state index contributed by atoms with van der Waals surface area (Å²) in [7, 11) is -1.55. The second-order valence-corrected chi connectivity index (χ2v) is 9.61. The van der Waals surface area contributed by atoms with Gasteiger partial charge in [-0.1, -0.05) is 12.1 Å². The lowest BCUT2D eigenvalue weighted by Crippen LogP contribution is -2.25.